The van der Waals surface area contributed by atoms with Crippen LogP contribution in [0.3, 0.4) is 0 Å². The Morgan fingerprint density at radius 1 is 1.05 bits per heavy atom. The van der Waals surface area contributed by atoms with Gasteiger partial charge in [0.05, 0.1) is 6.04 Å². The molecule has 0 heterocycles. The molecule has 0 saturated carbocycles. The highest BCUT2D eigenvalue weighted by atomic mass is 19.1. The molecule has 0 aromatic heterocycles. The number of amides is 1. The molecule has 2 aromatic rings. The van der Waals surface area contributed by atoms with Crippen LogP contribution in [0.5, 0.6) is 5.75 Å². The van der Waals surface area contributed by atoms with E-state index < -0.39 is 0 Å². The molecule has 0 saturated heterocycles. The average Bonchev–Trinajstić information content (AvgIpc) is 2.47. The summed E-state index contributed by atoms with van der Waals surface area (Å²) in [5, 5.41) is 2.74. The van der Waals surface area contributed by atoms with E-state index in [1.807, 2.05) is 0 Å². The zero-order valence-electron chi connectivity index (χ0n) is 11.5. The molecule has 110 valence electrons. The molecule has 2 rings (SSSR count). The van der Waals surface area contributed by atoms with Crippen molar-refractivity contribution < 1.29 is 18.3 Å². The summed E-state index contributed by atoms with van der Waals surface area (Å²) in [6.07, 6.45) is 0. The zero-order valence-corrected chi connectivity index (χ0v) is 11.5. The summed E-state index contributed by atoms with van der Waals surface area (Å²) >= 11 is 0. The van der Waals surface area contributed by atoms with Crippen molar-refractivity contribution in [2.75, 3.05) is 6.61 Å². The van der Waals surface area contributed by atoms with Gasteiger partial charge in [0.25, 0.3) is 5.91 Å². The van der Waals surface area contributed by atoms with Gasteiger partial charge >= 0.3 is 0 Å². The number of rotatable bonds is 5. The lowest BCUT2D eigenvalue weighted by Crippen LogP contribution is -2.31. The molecule has 0 radical (unpaired) electrons. The Hall–Kier alpha value is -2.43. The third kappa shape index (κ3) is 4.56. The van der Waals surface area contributed by atoms with Gasteiger partial charge in [0, 0.05) is 0 Å². The molecule has 3 nitrogen and oxygen atoms in total. The number of halogens is 2. The standard InChI is InChI=1S/C16H15F2NO2/c1-11(12-2-4-13(17)5-3-12)19-16(20)10-21-15-8-6-14(18)7-9-15/h2-9,11H,10H2,1H3,(H,19,20). The molecular formula is C16H15F2NO2. The van der Waals surface area contributed by atoms with E-state index in [-0.39, 0.29) is 30.2 Å². The van der Waals surface area contributed by atoms with E-state index in [0.29, 0.717) is 5.75 Å². The molecule has 0 aliphatic heterocycles. The first-order valence-electron chi connectivity index (χ1n) is 6.48. The lowest BCUT2D eigenvalue weighted by Gasteiger charge is -2.14. The van der Waals surface area contributed by atoms with Crippen LogP contribution >= 0.6 is 0 Å². The smallest absolute Gasteiger partial charge is 0.258 e. The number of carbonyl (C=O) groups excluding carboxylic acids is 1. The Labute approximate surface area is 121 Å². The van der Waals surface area contributed by atoms with Crippen LogP contribution in [0.15, 0.2) is 48.5 Å². The van der Waals surface area contributed by atoms with Crippen LogP contribution in [0.25, 0.3) is 0 Å². The van der Waals surface area contributed by atoms with E-state index in [4.69, 9.17) is 4.74 Å². The highest BCUT2D eigenvalue weighted by Gasteiger charge is 2.10. The minimum Gasteiger partial charge on any atom is -0.484 e. The Morgan fingerprint density at radius 2 is 1.57 bits per heavy atom. The summed E-state index contributed by atoms with van der Waals surface area (Å²) in [4.78, 5) is 11.7. The third-order valence-corrected chi connectivity index (χ3v) is 2.93. The van der Waals surface area contributed by atoms with Gasteiger partial charge in [0.1, 0.15) is 17.4 Å². The summed E-state index contributed by atoms with van der Waals surface area (Å²) in [5.74, 6) is -0.578. The summed E-state index contributed by atoms with van der Waals surface area (Å²) in [6.45, 7) is 1.63. The lowest BCUT2D eigenvalue weighted by atomic mass is 10.1. The summed E-state index contributed by atoms with van der Waals surface area (Å²) in [6, 6.07) is 11.1. The first kappa shape index (κ1) is 15.0. The van der Waals surface area contributed by atoms with Crippen LogP contribution < -0.4 is 10.1 Å². The Kier molecular flexibility index (Phi) is 4.87. The van der Waals surface area contributed by atoms with Gasteiger partial charge in [0.15, 0.2) is 6.61 Å². The normalized spacial score (nSPS) is 11.8. The van der Waals surface area contributed by atoms with Crippen LogP contribution in [0, 0.1) is 11.6 Å². The van der Waals surface area contributed by atoms with Crippen molar-refractivity contribution >= 4 is 5.91 Å². The average molecular weight is 291 g/mol. The first-order chi connectivity index (χ1) is 10.0. The van der Waals surface area contributed by atoms with Gasteiger partial charge < -0.3 is 10.1 Å². The predicted molar refractivity (Wildman–Crippen MR) is 74.9 cm³/mol. The van der Waals surface area contributed by atoms with Gasteiger partial charge in [0.2, 0.25) is 0 Å². The van der Waals surface area contributed by atoms with Gasteiger partial charge in [-0.2, -0.15) is 0 Å². The monoisotopic (exact) mass is 291 g/mol. The zero-order chi connectivity index (χ0) is 15.2. The van der Waals surface area contributed by atoms with Gasteiger partial charge in [-0.25, -0.2) is 8.78 Å². The van der Waals surface area contributed by atoms with Crippen LogP contribution in [0.1, 0.15) is 18.5 Å². The fraction of sp³-hybridized carbons (Fsp3) is 0.188. The second-order valence-electron chi connectivity index (χ2n) is 4.58. The molecule has 1 N–H and O–H groups in total. The number of benzene rings is 2. The van der Waals surface area contributed by atoms with Gasteiger partial charge in [-0.1, -0.05) is 12.1 Å². The second kappa shape index (κ2) is 6.83. The summed E-state index contributed by atoms with van der Waals surface area (Å²) < 4.78 is 30.8. The number of carbonyl (C=O) groups is 1. The molecule has 0 aliphatic rings. The number of hydrogen-bond acceptors (Lipinski definition) is 2. The molecule has 21 heavy (non-hydrogen) atoms. The van der Waals surface area contributed by atoms with E-state index in [1.54, 1.807) is 19.1 Å². The maximum Gasteiger partial charge on any atom is 0.258 e. The lowest BCUT2D eigenvalue weighted by molar-refractivity contribution is -0.123. The Morgan fingerprint density at radius 3 is 2.14 bits per heavy atom. The number of ether oxygens (including phenoxy) is 1. The topological polar surface area (TPSA) is 38.3 Å². The van der Waals surface area contributed by atoms with Crippen LogP contribution in [0.2, 0.25) is 0 Å². The molecule has 0 bridgehead atoms. The van der Waals surface area contributed by atoms with Crippen molar-refractivity contribution in [1.29, 1.82) is 0 Å². The molecule has 0 spiro atoms. The highest BCUT2D eigenvalue weighted by Crippen LogP contribution is 2.13. The molecule has 0 fully saturated rings. The fourth-order valence-electron chi connectivity index (χ4n) is 1.80. The minimum absolute atomic E-state index is 0.169. The van der Waals surface area contributed by atoms with Crippen molar-refractivity contribution in [3.63, 3.8) is 0 Å². The van der Waals surface area contributed by atoms with Gasteiger partial charge in [-0.3, -0.25) is 4.79 Å². The van der Waals surface area contributed by atoms with Crippen molar-refractivity contribution in [3.8, 4) is 5.75 Å². The van der Waals surface area contributed by atoms with Crippen molar-refractivity contribution in [3.05, 3.63) is 65.7 Å². The summed E-state index contributed by atoms with van der Waals surface area (Å²) in [5.41, 5.74) is 0.798. The van der Waals surface area contributed by atoms with E-state index in [1.165, 1.54) is 36.4 Å². The quantitative estimate of drug-likeness (QED) is 0.918. The van der Waals surface area contributed by atoms with Crippen molar-refractivity contribution in [1.82, 2.24) is 5.32 Å². The van der Waals surface area contributed by atoms with Gasteiger partial charge in [-0.05, 0) is 48.9 Å². The maximum atomic E-state index is 12.8. The maximum absolute atomic E-state index is 12.8. The molecule has 1 atom stereocenters. The van der Waals surface area contributed by atoms with E-state index in [2.05, 4.69) is 5.32 Å². The molecule has 5 heteroatoms. The Bertz CT molecular complexity index is 597. The second-order valence-corrected chi connectivity index (χ2v) is 4.58. The van der Waals surface area contributed by atoms with Crippen LogP contribution in [-0.2, 0) is 4.79 Å². The van der Waals surface area contributed by atoms with Crippen molar-refractivity contribution in [2.45, 2.75) is 13.0 Å². The van der Waals surface area contributed by atoms with Gasteiger partial charge in [-0.15, -0.1) is 0 Å². The third-order valence-electron chi connectivity index (χ3n) is 2.93. The molecular weight excluding hydrogens is 276 g/mol. The largest absolute Gasteiger partial charge is 0.484 e. The van der Waals surface area contributed by atoms with Crippen LogP contribution in [0.4, 0.5) is 8.78 Å². The SMILES string of the molecule is CC(NC(=O)COc1ccc(F)cc1)c1ccc(F)cc1. The highest BCUT2D eigenvalue weighted by molar-refractivity contribution is 5.78. The number of hydrogen-bond donors (Lipinski definition) is 1. The molecule has 2 aromatic carbocycles. The fourth-order valence-corrected chi connectivity index (χ4v) is 1.80. The van der Waals surface area contributed by atoms with E-state index in [0.717, 1.165) is 5.56 Å². The minimum atomic E-state index is -0.364. The van der Waals surface area contributed by atoms with Crippen LogP contribution in [-0.4, -0.2) is 12.5 Å². The molecule has 1 unspecified atom stereocenters. The molecule has 1 amide bonds. The summed E-state index contributed by atoms with van der Waals surface area (Å²) in [7, 11) is 0. The predicted octanol–water partition coefficient (Wildman–Crippen LogP) is 3.22. The van der Waals surface area contributed by atoms with Crippen molar-refractivity contribution in [2.24, 2.45) is 0 Å². The number of nitrogens with one attached hydrogen (secondary N) is 1. The Balaban J connectivity index is 1.83. The van der Waals surface area contributed by atoms with E-state index >= 15 is 0 Å². The first-order valence-corrected chi connectivity index (χ1v) is 6.48. The molecule has 0 aliphatic carbocycles. The van der Waals surface area contributed by atoms with E-state index in [9.17, 15) is 13.6 Å².